The molecule has 0 amide bonds. The molecule has 1 aliphatic carbocycles. The molecule has 0 bridgehead atoms. The van der Waals surface area contributed by atoms with Gasteiger partial charge in [0.05, 0.1) is 25.0 Å². The Morgan fingerprint density at radius 1 is 1.53 bits per heavy atom. The lowest BCUT2D eigenvalue weighted by Crippen LogP contribution is -2.60. The highest BCUT2D eigenvalue weighted by molar-refractivity contribution is 5.16. The fraction of sp³-hybridized carbons (Fsp3) is 0.818. The summed E-state index contributed by atoms with van der Waals surface area (Å²) in [5.74, 6) is 0. The highest BCUT2D eigenvalue weighted by atomic mass is 16.5. The van der Waals surface area contributed by atoms with Crippen molar-refractivity contribution in [3.8, 4) is 0 Å². The van der Waals surface area contributed by atoms with E-state index in [1.165, 1.54) is 0 Å². The van der Waals surface area contributed by atoms with Crippen molar-refractivity contribution in [2.75, 3.05) is 33.4 Å². The number of methoxy groups -OCH3 is 1. The Bertz CT molecular complexity index is 271. The van der Waals surface area contributed by atoms with E-state index >= 15 is 0 Å². The molecule has 0 aromatic carbocycles. The van der Waals surface area contributed by atoms with Crippen LogP contribution in [-0.2, 0) is 4.74 Å². The lowest BCUT2D eigenvalue weighted by molar-refractivity contribution is -0.0296. The smallest absolute Gasteiger partial charge is 0.0837 e. The van der Waals surface area contributed by atoms with Crippen molar-refractivity contribution < 1.29 is 14.9 Å². The predicted octanol–water partition coefficient (Wildman–Crippen LogP) is -1.86. The number of hydrogen-bond donors (Lipinski definition) is 5. The molecule has 0 heterocycles. The van der Waals surface area contributed by atoms with Crippen molar-refractivity contribution >= 4 is 0 Å². The zero-order valence-corrected chi connectivity index (χ0v) is 10.2. The van der Waals surface area contributed by atoms with Gasteiger partial charge in [0.1, 0.15) is 0 Å². The molecular weight excluding hydrogens is 222 g/mol. The minimum absolute atomic E-state index is 0.0470. The quantitative estimate of drug-likeness (QED) is 0.213. The first-order valence-electron chi connectivity index (χ1n) is 5.71. The minimum Gasteiger partial charge on any atom is -0.395 e. The molecule has 7 N–H and O–H groups in total. The monoisotopic (exact) mass is 245 g/mol. The molecule has 0 saturated heterocycles. The lowest BCUT2D eigenvalue weighted by atomic mass is 9.71. The molecule has 0 spiro atoms. The van der Waals surface area contributed by atoms with Gasteiger partial charge in [-0.25, -0.2) is 0 Å². The summed E-state index contributed by atoms with van der Waals surface area (Å²) in [6.07, 6.45) is 3.00. The minimum atomic E-state index is -0.932. The Balaban J connectivity index is 2.78. The van der Waals surface area contributed by atoms with E-state index < -0.39 is 17.2 Å². The van der Waals surface area contributed by atoms with E-state index in [1.807, 2.05) is 0 Å². The van der Waals surface area contributed by atoms with Crippen LogP contribution in [0.3, 0.4) is 0 Å². The number of aliphatic hydroxyl groups is 2. The normalized spacial score (nSPS) is 31.7. The van der Waals surface area contributed by atoms with Gasteiger partial charge in [0, 0.05) is 25.6 Å². The largest absolute Gasteiger partial charge is 0.395 e. The zero-order chi connectivity index (χ0) is 12.9. The number of hydrogen-bond acceptors (Lipinski definition) is 6. The molecule has 6 nitrogen and oxygen atoms in total. The Morgan fingerprint density at radius 3 is 2.82 bits per heavy atom. The van der Waals surface area contributed by atoms with Crippen LogP contribution in [-0.4, -0.2) is 55.4 Å². The van der Waals surface area contributed by atoms with Gasteiger partial charge in [-0.2, -0.15) is 0 Å². The third-order valence-corrected chi connectivity index (χ3v) is 3.07. The van der Waals surface area contributed by atoms with E-state index in [0.29, 0.717) is 26.1 Å². The molecule has 0 aromatic heterocycles. The van der Waals surface area contributed by atoms with Gasteiger partial charge in [-0.15, -0.1) is 0 Å². The van der Waals surface area contributed by atoms with Crippen molar-refractivity contribution in [1.29, 1.82) is 0 Å². The third-order valence-electron chi connectivity index (χ3n) is 3.07. The maximum atomic E-state index is 10.1. The van der Waals surface area contributed by atoms with Crippen LogP contribution < -0.4 is 16.8 Å². The molecule has 1 aliphatic rings. The molecule has 2 atom stereocenters. The van der Waals surface area contributed by atoms with E-state index in [-0.39, 0.29) is 6.61 Å². The summed E-state index contributed by atoms with van der Waals surface area (Å²) in [5, 5.41) is 21.9. The van der Waals surface area contributed by atoms with E-state index in [4.69, 9.17) is 21.3 Å². The molecule has 0 radical (unpaired) electrons. The van der Waals surface area contributed by atoms with Crippen LogP contribution in [0.25, 0.3) is 0 Å². The average Bonchev–Trinajstić information content (AvgIpc) is 2.24. The summed E-state index contributed by atoms with van der Waals surface area (Å²) in [5.41, 5.74) is 10.3. The number of aliphatic hydroxyl groups excluding tert-OH is 2. The number of ether oxygens (including phenoxy) is 1. The molecule has 6 heteroatoms. The Hall–Kier alpha value is -0.500. The Kier molecular flexibility index (Phi) is 5.05. The van der Waals surface area contributed by atoms with Crippen LogP contribution in [0.1, 0.15) is 6.42 Å². The number of rotatable bonds is 6. The van der Waals surface area contributed by atoms with Gasteiger partial charge >= 0.3 is 0 Å². The van der Waals surface area contributed by atoms with Crippen LogP contribution in [0.4, 0.5) is 0 Å². The maximum Gasteiger partial charge on any atom is 0.0837 e. The van der Waals surface area contributed by atoms with Crippen molar-refractivity contribution in [2.24, 2.45) is 16.9 Å². The molecule has 0 aliphatic heterocycles. The molecular formula is C11H23N3O3. The second kappa shape index (κ2) is 5.90. The first-order valence-corrected chi connectivity index (χ1v) is 5.71. The van der Waals surface area contributed by atoms with Crippen molar-refractivity contribution in [3.63, 3.8) is 0 Å². The van der Waals surface area contributed by atoms with E-state index in [2.05, 4.69) is 5.32 Å². The lowest BCUT2D eigenvalue weighted by Gasteiger charge is -2.44. The first kappa shape index (κ1) is 14.6. The topological polar surface area (TPSA) is 114 Å². The van der Waals surface area contributed by atoms with Gasteiger partial charge in [0.15, 0.2) is 0 Å². The van der Waals surface area contributed by atoms with Crippen LogP contribution in [0, 0.1) is 5.41 Å². The van der Waals surface area contributed by atoms with Gasteiger partial charge in [0.25, 0.3) is 0 Å². The fourth-order valence-electron chi connectivity index (χ4n) is 2.31. The molecule has 0 fully saturated rings. The maximum absolute atomic E-state index is 10.1. The Labute approximate surface area is 102 Å². The molecule has 2 unspecified atom stereocenters. The van der Waals surface area contributed by atoms with Gasteiger partial charge in [0.2, 0.25) is 0 Å². The van der Waals surface area contributed by atoms with E-state index in [1.54, 1.807) is 19.3 Å². The molecule has 100 valence electrons. The predicted molar refractivity (Wildman–Crippen MR) is 65.1 cm³/mol. The molecule has 0 saturated carbocycles. The summed E-state index contributed by atoms with van der Waals surface area (Å²) in [7, 11) is 1.58. The highest BCUT2D eigenvalue weighted by Gasteiger charge is 2.44. The summed E-state index contributed by atoms with van der Waals surface area (Å²) >= 11 is 0. The second-order valence-electron chi connectivity index (χ2n) is 4.79. The first-order chi connectivity index (χ1) is 7.96. The van der Waals surface area contributed by atoms with Crippen molar-refractivity contribution in [1.82, 2.24) is 5.32 Å². The van der Waals surface area contributed by atoms with Gasteiger partial charge in [-0.1, -0.05) is 12.2 Å². The van der Waals surface area contributed by atoms with Crippen LogP contribution in [0.15, 0.2) is 12.2 Å². The number of nitrogens with two attached hydrogens (primary N) is 2. The SMILES string of the molecule is COCC1(CNCCO)CC(N)(N)C=CC1O. The van der Waals surface area contributed by atoms with Crippen LogP contribution >= 0.6 is 0 Å². The standard InChI is InChI=1S/C11H23N3O3/c1-17-8-10(7-14-4-5-15)6-11(12,13)3-2-9(10)16/h2-3,9,14-16H,4-8,12-13H2,1H3. The molecule has 17 heavy (non-hydrogen) atoms. The van der Waals surface area contributed by atoms with Gasteiger partial charge < -0.3 is 31.7 Å². The fourth-order valence-corrected chi connectivity index (χ4v) is 2.31. The highest BCUT2D eigenvalue weighted by Crippen LogP contribution is 2.35. The van der Waals surface area contributed by atoms with E-state index in [9.17, 15) is 5.11 Å². The van der Waals surface area contributed by atoms with Crippen LogP contribution in [0.5, 0.6) is 0 Å². The van der Waals surface area contributed by atoms with Gasteiger partial charge in [-0.05, 0) is 6.42 Å². The summed E-state index contributed by atoms with van der Waals surface area (Å²) in [6.45, 7) is 1.35. The van der Waals surface area contributed by atoms with Crippen molar-refractivity contribution in [3.05, 3.63) is 12.2 Å². The van der Waals surface area contributed by atoms with Gasteiger partial charge in [-0.3, -0.25) is 0 Å². The molecule has 1 rings (SSSR count). The van der Waals surface area contributed by atoms with E-state index in [0.717, 1.165) is 0 Å². The second-order valence-corrected chi connectivity index (χ2v) is 4.79. The third kappa shape index (κ3) is 3.74. The summed E-state index contributed by atoms with van der Waals surface area (Å²) < 4.78 is 5.17. The summed E-state index contributed by atoms with van der Waals surface area (Å²) in [4.78, 5) is 0. The Morgan fingerprint density at radius 2 is 2.24 bits per heavy atom. The molecule has 0 aromatic rings. The van der Waals surface area contributed by atoms with Crippen molar-refractivity contribution in [2.45, 2.75) is 18.2 Å². The summed E-state index contributed by atoms with van der Waals surface area (Å²) in [6, 6.07) is 0. The van der Waals surface area contributed by atoms with Crippen LogP contribution in [0.2, 0.25) is 0 Å². The zero-order valence-electron chi connectivity index (χ0n) is 10.2. The number of nitrogens with one attached hydrogen (secondary N) is 1. The average molecular weight is 245 g/mol.